The van der Waals surface area contributed by atoms with Gasteiger partial charge in [0.2, 0.25) is 5.91 Å². The fourth-order valence-electron chi connectivity index (χ4n) is 2.38. The van der Waals surface area contributed by atoms with Crippen LogP contribution in [0.25, 0.3) is 0 Å². The maximum Gasteiger partial charge on any atom is 0.264 e. The van der Waals surface area contributed by atoms with E-state index in [2.05, 4.69) is 0 Å². The van der Waals surface area contributed by atoms with Crippen molar-refractivity contribution < 1.29 is 17.6 Å². The predicted molar refractivity (Wildman–Crippen MR) is 90.7 cm³/mol. The number of halogens is 1. The Bertz CT molecular complexity index is 833. The van der Waals surface area contributed by atoms with Gasteiger partial charge in [-0.2, -0.15) is 0 Å². The molecule has 2 aromatic carbocycles. The van der Waals surface area contributed by atoms with Crippen LogP contribution >= 0.6 is 0 Å². The van der Waals surface area contributed by atoms with Gasteiger partial charge in [0.15, 0.2) is 0 Å². The van der Waals surface area contributed by atoms with E-state index in [1.807, 2.05) is 13.8 Å². The van der Waals surface area contributed by atoms with E-state index in [1.54, 1.807) is 24.3 Å². The smallest absolute Gasteiger partial charge is 0.264 e. The Labute approximate surface area is 141 Å². The molecule has 0 spiro atoms. The Morgan fingerprint density at radius 2 is 1.71 bits per heavy atom. The minimum atomic E-state index is -4.06. The molecule has 0 radical (unpaired) electrons. The van der Waals surface area contributed by atoms with Crippen molar-refractivity contribution >= 4 is 21.6 Å². The van der Waals surface area contributed by atoms with Crippen LogP contribution in [0.5, 0.6) is 0 Å². The van der Waals surface area contributed by atoms with Crippen molar-refractivity contribution in [1.29, 1.82) is 0 Å². The van der Waals surface area contributed by atoms with Gasteiger partial charge in [0.05, 0.1) is 10.6 Å². The lowest BCUT2D eigenvalue weighted by Crippen LogP contribution is -2.39. The summed E-state index contributed by atoms with van der Waals surface area (Å²) in [4.78, 5) is 11.3. The van der Waals surface area contributed by atoms with E-state index < -0.39 is 28.3 Å². The van der Waals surface area contributed by atoms with E-state index in [-0.39, 0.29) is 10.8 Å². The molecule has 0 aliphatic heterocycles. The summed E-state index contributed by atoms with van der Waals surface area (Å²) in [6, 6.07) is 11.4. The topological polar surface area (TPSA) is 80.5 Å². The molecule has 0 saturated heterocycles. The minimum absolute atomic E-state index is 0.0417. The Morgan fingerprint density at radius 3 is 2.25 bits per heavy atom. The number of amides is 1. The Morgan fingerprint density at radius 1 is 1.12 bits per heavy atom. The predicted octanol–water partition coefficient (Wildman–Crippen LogP) is 2.63. The van der Waals surface area contributed by atoms with Crippen LogP contribution < -0.4 is 10.0 Å². The van der Waals surface area contributed by atoms with Crippen LogP contribution in [0.15, 0.2) is 53.4 Å². The molecular formula is C17H19FN2O3S. The number of anilines is 1. The van der Waals surface area contributed by atoms with Gasteiger partial charge in [0, 0.05) is 0 Å². The van der Waals surface area contributed by atoms with Crippen molar-refractivity contribution in [3.63, 3.8) is 0 Å². The van der Waals surface area contributed by atoms with Gasteiger partial charge in [0.25, 0.3) is 10.0 Å². The molecule has 128 valence electrons. The average Bonchev–Trinajstić information content (AvgIpc) is 2.52. The number of carbonyl (C=O) groups excluding carboxylic acids is 1. The van der Waals surface area contributed by atoms with E-state index in [0.29, 0.717) is 5.69 Å². The number of nitrogens with zero attached hydrogens (tertiary/aromatic N) is 1. The molecule has 1 amide bonds. The summed E-state index contributed by atoms with van der Waals surface area (Å²) in [6.07, 6.45) is 0. The third-order valence-electron chi connectivity index (χ3n) is 3.53. The lowest BCUT2D eigenvalue weighted by atomic mass is 10.0. The van der Waals surface area contributed by atoms with E-state index in [4.69, 9.17) is 5.73 Å². The number of hydrogen-bond donors (Lipinski definition) is 1. The molecule has 0 aliphatic carbocycles. The summed E-state index contributed by atoms with van der Waals surface area (Å²) < 4.78 is 40.0. The number of rotatable bonds is 6. The molecule has 0 saturated carbocycles. The third-order valence-corrected chi connectivity index (χ3v) is 5.30. The number of hydrogen-bond acceptors (Lipinski definition) is 3. The van der Waals surface area contributed by atoms with Crippen LogP contribution in [0.2, 0.25) is 0 Å². The fraction of sp³-hybridized carbons (Fsp3) is 0.235. The highest BCUT2D eigenvalue weighted by molar-refractivity contribution is 7.92. The molecule has 2 N–H and O–H groups in total. The summed E-state index contributed by atoms with van der Waals surface area (Å²) in [5.74, 6) is -1.28. The van der Waals surface area contributed by atoms with Gasteiger partial charge in [-0.05, 0) is 41.8 Å². The standard InChI is InChI=1S/C17H19FN2O3S/c1-12(2)15-5-3-4-6-16(15)20(11-17(19)21)24(22,23)14-9-7-13(18)8-10-14/h3-10,12H,11H2,1-2H3,(H2,19,21). The van der Waals surface area contributed by atoms with Crippen LogP contribution in [0.4, 0.5) is 10.1 Å². The molecule has 0 heterocycles. The van der Waals surface area contributed by atoms with Crippen molar-refractivity contribution in [2.45, 2.75) is 24.7 Å². The van der Waals surface area contributed by atoms with E-state index in [0.717, 1.165) is 34.1 Å². The van der Waals surface area contributed by atoms with Crippen molar-refractivity contribution in [3.05, 3.63) is 59.9 Å². The number of para-hydroxylation sites is 1. The van der Waals surface area contributed by atoms with Gasteiger partial charge < -0.3 is 5.73 Å². The molecule has 0 unspecified atom stereocenters. The van der Waals surface area contributed by atoms with Crippen molar-refractivity contribution in [2.75, 3.05) is 10.8 Å². The number of sulfonamides is 1. The molecule has 5 nitrogen and oxygen atoms in total. The first-order valence-corrected chi connectivity index (χ1v) is 8.83. The molecule has 24 heavy (non-hydrogen) atoms. The number of benzene rings is 2. The summed E-state index contributed by atoms with van der Waals surface area (Å²) in [5.41, 5.74) is 6.40. The van der Waals surface area contributed by atoms with Gasteiger partial charge in [-0.1, -0.05) is 32.0 Å². The third kappa shape index (κ3) is 3.73. The first kappa shape index (κ1) is 17.9. The van der Waals surface area contributed by atoms with Crippen LogP contribution in [0.1, 0.15) is 25.3 Å². The maximum absolute atomic E-state index is 13.1. The van der Waals surface area contributed by atoms with E-state index >= 15 is 0 Å². The highest BCUT2D eigenvalue weighted by Crippen LogP contribution is 2.31. The fourth-order valence-corrected chi connectivity index (χ4v) is 3.83. The van der Waals surface area contributed by atoms with Gasteiger partial charge in [-0.15, -0.1) is 0 Å². The van der Waals surface area contributed by atoms with Gasteiger partial charge in [-0.25, -0.2) is 12.8 Å². The molecule has 2 rings (SSSR count). The Balaban J connectivity index is 2.61. The average molecular weight is 350 g/mol. The summed E-state index contributed by atoms with van der Waals surface area (Å²) in [7, 11) is -4.06. The van der Waals surface area contributed by atoms with E-state index in [1.165, 1.54) is 0 Å². The highest BCUT2D eigenvalue weighted by Gasteiger charge is 2.28. The first-order valence-electron chi connectivity index (χ1n) is 7.39. The molecule has 0 aromatic heterocycles. The zero-order valence-corrected chi connectivity index (χ0v) is 14.3. The largest absolute Gasteiger partial charge is 0.368 e. The molecule has 7 heteroatoms. The second-order valence-corrected chi connectivity index (χ2v) is 7.51. The Hall–Kier alpha value is -2.41. The molecule has 0 atom stereocenters. The molecular weight excluding hydrogens is 331 g/mol. The first-order chi connectivity index (χ1) is 11.2. The summed E-state index contributed by atoms with van der Waals surface area (Å²) in [6.45, 7) is 3.35. The lowest BCUT2D eigenvalue weighted by Gasteiger charge is -2.26. The Kier molecular flexibility index (Phi) is 5.23. The van der Waals surface area contributed by atoms with Crippen LogP contribution in [0, 0.1) is 5.82 Å². The number of nitrogens with two attached hydrogens (primary N) is 1. The van der Waals surface area contributed by atoms with Gasteiger partial charge in [-0.3, -0.25) is 9.10 Å². The maximum atomic E-state index is 13.1. The zero-order chi connectivity index (χ0) is 17.9. The number of carbonyl (C=O) groups is 1. The van der Waals surface area contributed by atoms with Crippen molar-refractivity contribution in [3.8, 4) is 0 Å². The van der Waals surface area contributed by atoms with Gasteiger partial charge in [0.1, 0.15) is 12.4 Å². The van der Waals surface area contributed by atoms with Crippen molar-refractivity contribution in [2.24, 2.45) is 5.73 Å². The summed E-state index contributed by atoms with van der Waals surface area (Å²) in [5, 5.41) is 0. The molecule has 0 fully saturated rings. The molecule has 0 bridgehead atoms. The summed E-state index contributed by atoms with van der Waals surface area (Å²) >= 11 is 0. The minimum Gasteiger partial charge on any atom is -0.368 e. The van der Waals surface area contributed by atoms with E-state index in [9.17, 15) is 17.6 Å². The highest BCUT2D eigenvalue weighted by atomic mass is 32.2. The second kappa shape index (κ2) is 7.00. The number of primary amides is 1. The van der Waals surface area contributed by atoms with Crippen molar-refractivity contribution in [1.82, 2.24) is 0 Å². The molecule has 2 aromatic rings. The van der Waals surface area contributed by atoms with Crippen LogP contribution in [-0.4, -0.2) is 20.9 Å². The van der Waals surface area contributed by atoms with Crippen LogP contribution in [0.3, 0.4) is 0 Å². The zero-order valence-electron chi connectivity index (χ0n) is 13.4. The monoisotopic (exact) mass is 350 g/mol. The van der Waals surface area contributed by atoms with Gasteiger partial charge >= 0.3 is 0 Å². The van der Waals surface area contributed by atoms with Crippen LogP contribution in [-0.2, 0) is 14.8 Å². The second-order valence-electron chi connectivity index (χ2n) is 5.65. The normalized spacial score (nSPS) is 11.5. The quantitative estimate of drug-likeness (QED) is 0.869. The lowest BCUT2D eigenvalue weighted by molar-refractivity contribution is -0.116. The SMILES string of the molecule is CC(C)c1ccccc1N(CC(N)=O)S(=O)(=O)c1ccc(F)cc1. The molecule has 0 aliphatic rings.